The van der Waals surface area contributed by atoms with Gasteiger partial charge in [0.1, 0.15) is 5.71 Å². The summed E-state index contributed by atoms with van der Waals surface area (Å²) in [7, 11) is 0. The van der Waals surface area contributed by atoms with Crippen LogP contribution < -0.4 is 14.9 Å². The lowest BCUT2D eigenvalue weighted by Gasteiger charge is -2.10. The van der Waals surface area contributed by atoms with Crippen molar-refractivity contribution in [3.05, 3.63) is 24.3 Å². The van der Waals surface area contributed by atoms with Crippen molar-refractivity contribution in [2.75, 3.05) is 13.2 Å². The smallest absolute Gasteiger partial charge is 0.351 e. The molecule has 7 heteroatoms. The van der Waals surface area contributed by atoms with E-state index in [2.05, 4.69) is 10.5 Å². The molecule has 0 fully saturated rings. The molecule has 7 nitrogen and oxygen atoms in total. The zero-order valence-corrected chi connectivity index (χ0v) is 11.3. The summed E-state index contributed by atoms with van der Waals surface area (Å²) >= 11 is 0. The fourth-order valence-corrected chi connectivity index (χ4v) is 1.21. The molecule has 108 valence electrons. The van der Waals surface area contributed by atoms with E-state index in [1.54, 1.807) is 24.3 Å². The van der Waals surface area contributed by atoms with Gasteiger partial charge in [-0.2, -0.15) is 5.10 Å². The third-order valence-corrected chi connectivity index (χ3v) is 2.17. The molecule has 0 saturated heterocycles. The highest BCUT2D eigenvalue weighted by molar-refractivity contribution is 6.34. The van der Waals surface area contributed by atoms with Gasteiger partial charge in [-0.25, -0.2) is 10.2 Å². The summed E-state index contributed by atoms with van der Waals surface area (Å²) in [6.07, 6.45) is 0. The minimum atomic E-state index is -1.20. The van der Waals surface area contributed by atoms with Crippen LogP contribution in [0.5, 0.6) is 11.5 Å². The lowest BCUT2D eigenvalue weighted by atomic mass is 10.3. The topological polar surface area (TPSA) is 97.2 Å². The first-order chi connectivity index (χ1) is 9.54. The third kappa shape index (κ3) is 4.97. The summed E-state index contributed by atoms with van der Waals surface area (Å²) in [5.74, 6) is -0.790. The minimum Gasteiger partial charge on any atom is -0.490 e. The van der Waals surface area contributed by atoms with Crippen LogP contribution in [0.15, 0.2) is 29.4 Å². The van der Waals surface area contributed by atoms with E-state index >= 15 is 0 Å². The zero-order valence-electron chi connectivity index (χ0n) is 11.3. The van der Waals surface area contributed by atoms with Gasteiger partial charge in [-0.05, 0) is 26.0 Å². The molecule has 0 atom stereocenters. The minimum absolute atomic E-state index is 0.215. The van der Waals surface area contributed by atoms with Gasteiger partial charge in [0.2, 0.25) is 0 Å². The van der Waals surface area contributed by atoms with Crippen molar-refractivity contribution in [2.45, 2.75) is 13.8 Å². The lowest BCUT2D eigenvalue weighted by molar-refractivity contribution is -0.129. The summed E-state index contributed by atoms with van der Waals surface area (Å²) in [5, 5.41) is 12.0. The number of hydrogen-bond acceptors (Lipinski definition) is 5. The second kappa shape index (κ2) is 7.78. The number of hydrazone groups is 1. The summed E-state index contributed by atoms with van der Waals surface area (Å²) < 4.78 is 10.6. The third-order valence-electron chi connectivity index (χ3n) is 2.17. The molecule has 1 rings (SSSR count). The number of rotatable bonds is 7. The van der Waals surface area contributed by atoms with Crippen LogP contribution in [0.1, 0.15) is 13.8 Å². The Morgan fingerprint density at radius 3 is 2.40 bits per heavy atom. The largest absolute Gasteiger partial charge is 0.490 e. The van der Waals surface area contributed by atoms with Crippen LogP contribution >= 0.6 is 0 Å². The second-order valence-corrected chi connectivity index (χ2v) is 3.71. The molecule has 1 aromatic rings. The Labute approximate surface area is 116 Å². The number of carboxylic acids is 1. The van der Waals surface area contributed by atoms with Gasteiger partial charge in [-0.1, -0.05) is 12.1 Å². The summed E-state index contributed by atoms with van der Waals surface area (Å²) in [4.78, 5) is 21.9. The van der Waals surface area contributed by atoms with Crippen molar-refractivity contribution in [3.63, 3.8) is 0 Å². The fourth-order valence-electron chi connectivity index (χ4n) is 1.21. The highest BCUT2D eigenvalue weighted by Crippen LogP contribution is 2.26. The Morgan fingerprint density at radius 1 is 1.25 bits per heavy atom. The van der Waals surface area contributed by atoms with Crippen molar-refractivity contribution < 1.29 is 24.2 Å². The molecule has 0 aliphatic rings. The standard InChI is InChI=1S/C13H16N2O5/c1-3-19-10-6-4-5-7-11(10)20-8-12(16)15-14-9(2)13(17)18/h4-7H,3,8H2,1-2H3,(H,15,16)(H,17,18). The van der Waals surface area contributed by atoms with Crippen molar-refractivity contribution in [1.29, 1.82) is 0 Å². The van der Waals surface area contributed by atoms with E-state index in [0.29, 0.717) is 18.1 Å². The number of ether oxygens (including phenoxy) is 2. The van der Waals surface area contributed by atoms with Gasteiger partial charge >= 0.3 is 5.97 Å². The Morgan fingerprint density at radius 2 is 1.85 bits per heavy atom. The number of aliphatic carboxylic acids is 1. The fraction of sp³-hybridized carbons (Fsp3) is 0.308. The first kappa shape index (κ1) is 15.5. The maximum atomic E-state index is 11.4. The number of carbonyl (C=O) groups excluding carboxylic acids is 1. The van der Waals surface area contributed by atoms with Crippen LogP contribution in [0, 0.1) is 0 Å². The molecule has 0 aliphatic carbocycles. The molecule has 0 saturated carbocycles. The summed E-state index contributed by atoms with van der Waals surface area (Å²) in [5.41, 5.74) is 1.87. The van der Waals surface area contributed by atoms with E-state index in [1.165, 1.54) is 6.92 Å². The molecule has 0 bridgehead atoms. The first-order valence-corrected chi connectivity index (χ1v) is 5.95. The van der Waals surface area contributed by atoms with Crippen LogP contribution in [0.25, 0.3) is 0 Å². The monoisotopic (exact) mass is 280 g/mol. The molecular weight excluding hydrogens is 264 g/mol. The van der Waals surface area contributed by atoms with Crippen molar-refractivity contribution in [1.82, 2.24) is 5.43 Å². The second-order valence-electron chi connectivity index (χ2n) is 3.71. The van der Waals surface area contributed by atoms with Gasteiger partial charge in [-0.15, -0.1) is 0 Å². The molecule has 0 aliphatic heterocycles. The molecule has 1 amide bonds. The number of carboxylic acid groups (broad SMARTS) is 1. The van der Waals surface area contributed by atoms with Gasteiger partial charge in [0.15, 0.2) is 18.1 Å². The Bertz CT molecular complexity index is 513. The average Bonchev–Trinajstić information content (AvgIpc) is 2.44. The van der Waals surface area contributed by atoms with Crippen molar-refractivity contribution in [2.24, 2.45) is 5.10 Å². The predicted molar refractivity (Wildman–Crippen MR) is 72.0 cm³/mol. The van der Waals surface area contributed by atoms with Crippen molar-refractivity contribution in [3.8, 4) is 11.5 Å². The SMILES string of the molecule is CCOc1ccccc1OCC(=O)NN=C(C)C(=O)O. The number of carbonyl (C=O) groups is 2. The van der Waals surface area contributed by atoms with E-state index < -0.39 is 11.9 Å². The van der Waals surface area contributed by atoms with E-state index in [0.717, 1.165) is 0 Å². The Balaban J connectivity index is 2.53. The molecule has 0 aromatic heterocycles. The van der Waals surface area contributed by atoms with Crippen LogP contribution in [0.4, 0.5) is 0 Å². The van der Waals surface area contributed by atoms with Crippen LogP contribution in [0.3, 0.4) is 0 Å². The highest BCUT2D eigenvalue weighted by Gasteiger charge is 2.08. The van der Waals surface area contributed by atoms with E-state index in [9.17, 15) is 9.59 Å². The molecule has 1 aromatic carbocycles. The molecular formula is C13H16N2O5. The molecule has 0 unspecified atom stereocenters. The predicted octanol–water partition coefficient (Wildman–Crippen LogP) is 1.04. The van der Waals surface area contributed by atoms with E-state index in [1.807, 2.05) is 6.92 Å². The number of nitrogens with zero attached hydrogens (tertiary/aromatic N) is 1. The van der Waals surface area contributed by atoms with Crippen LogP contribution in [-0.4, -0.2) is 35.9 Å². The Hall–Kier alpha value is -2.57. The van der Waals surface area contributed by atoms with Crippen LogP contribution in [0.2, 0.25) is 0 Å². The maximum Gasteiger partial charge on any atom is 0.351 e. The number of nitrogens with one attached hydrogen (secondary N) is 1. The van der Waals surface area contributed by atoms with Crippen molar-refractivity contribution >= 4 is 17.6 Å². The highest BCUT2D eigenvalue weighted by atomic mass is 16.5. The molecule has 0 heterocycles. The van der Waals surface area contributed by atoms with Gasteiger partial charge in [-0.3, -0.25) is 4.79 Å². The molecule has 2 N–H and O–H groups in total. The normalized spacial score (nSPS) is 10.8. The Kier molecular flexibility index (Phi) is 6.02. The van der Waals surface area contributed by atoms with Gasteiger partial charge in [0.25, 0.3) is 5.91 Å². The zero-order chi connectivity index (χ0) is 15.0. The van der Waals surface area contributed by atoms with Crippen LogP contribution in [-0.2, 0) is 9.59 Å². The number of para-hydroxylation sites is 2. The number of amides is 1. The molecule has 20 heavy (non-hydrogen) atoms. The number of hydrogen-bond donors (Lipinski definition) is 2. The maximum absolute atomic E-state index is 11.4. The quantitative estimate of drug-likeness (QED) is 0.574. The van der Waals surface area contributed by atoms with E-state index in [4.69, 9.17) is 14.6 Å². The van der Waals surface area contributed by atoms with Gasteiger partial charge in [0.05, 0.1) is 6.61 Å². The lowest BCUT2D eigenvalue weighted by Crippen LogP contribution is -2.26. The summed E-state index contributed by atoms with van der Waals surface area (Å²) in [6, 6.07) is 6.94. The average molecular weight is 280 g/mol. The summed E-state index contributed by atoms with van der Waals surface area (Å²) in [6.45, 7) is 3.30. The molecule has 0 spiro atoms. The first-order valence-electron chi connectivity index (χ1n) is 5.95. The van der Waals surface area contributed by atoms with Gasteiger partial charge < -0.3 is 14.6 Å². The molecule has 0 radical (unpaired) electrons. The number of benzene rings is 1. The van der Waals surface area contributed by atoms with Gasteiger partial charge in [0, 0.05) is 0 Å². The van der Waals surface area contributed by atoms with E-state index in [-0.39, 0.29) is 12.3 Å².